The molecule has 0 atom stereocenters. The number of nitrogens with zero attached hydrogens (tertiary/aromatic N) is 3. The second-order valence-electron chi connectivity index (χ2n) is 6.87. The highest BCUT2D eigenvalue weighted by Crippen LogP contribution is 2.27. The van der Waals surface area contributed by atoms with E-state index < -0.39 is 0 Å². The van der Waals surface area contributed by atoms with E-state index in [-0.39, 0.29) is 11.7 Å². The molecule has 31 heavy (non-hydrogen) atoms. The maximum atomic E-state index is 12.5. The van der Waals surface area contributed by atoms with Crippen molar-refractivity contribution in [1.29, 1.82) is 0 Å². The van der Waals surface area contributed by atoms with Crippen LogP contribution in [0.2, 0.25) is 5.02 Å². The summed E-state index contributed by atoms with van der Waals surface area (Å²) >= 11 is 7.49. The third kappa shape index (κ3) is 5.37. The first-order valence-electron chi connectivity index (χ1n) is 9.85. The second-order valence-corrected chi connectivity index (χ2v) is 8.25. The molecule has 2 aromatic heterocycles. The summed E-state index contributed by atoms with van der Waals surface area (Å²) in [5, 5.41) is 12.8. The van der Waals surface area contributed by atoms with Crippen LogP contribution in [0.3, 0.4) is 0 Å². The van der Waals surface area contributed by atoms with Crippen LogP contribution in [0.15, 0.2) is 76.5 Å². The van der Waals surface area contributed by atoms with Crippen LogP contribution in [0.5, 0.6) is 0 Å². The first-order chi connectivity index (χ1) is 15.1. The molecular formula is C23H21ClN4O2S. The Balaban J connectivity index is 1.51. The number of benzene rings is 2. The monoisotopic (exact) mass is 452 g/mol. The molecule has 0 aliphatic heterocycles. The minimum absolute atomic E-state index is 0.105. The predicted octanol–water partition coefficient (Wildman–Crippen LogP) is 5.53. The van der Waals surface area contributed by atoms with Crippen LogP contribution >= 0.6 is 23.4 Å². The Morgan fingerprint density at radius 2 is 1.97 bits per heavy atom. The van der Waals surface area contributed by atoms with Gasteiger partial charge >= 0.3 is 0 Å². The SMILES string of the molecule is CCc1ccc(NC(=O)CSc2nnc(-c3cccc(Cl)c3)n2Cc2ccco2)cc1. The van der Waals surface area contributed by atoms with Crippen LogP contribution in [0, 0.1) is 0 Å². The van der Waals surface area contributed by atoms with Gasteiger partial charge in [-0.3, -0.25) is 9.36 Å². The average molecular weight is 453 g/mol. The Bertz CT molecular complexity index is 1160. The molecule has 8 heteroatoms. The van der Waals surface area contributed by atoms with Gasteiger partial charge in [0.1, 0.15) is 5.76 Å². The number of thioether (sulfide) groups is 1. The Kier molecular flexibility index (Phi) is 6.74. The van der Waals surface area contributed by atoms with Crippen LogP contribution in [0.1, 0.15) is 18.2 Å². The summed E-state index contributed by atoms with van der Waals surface area (Å²) in [5.41, 5.74) is 2.85. The van der Waals surface area contributed by atoms with Crippen LogP contribution in [-0.4, -0.2) is 26.4 Å². The lowest BCUT2D eigenvalue weighted by Gasteiger charge is -2.09. The van der Waals surface area contributed by atoms with Crippen LogP contribution in [-0.2, 0) is 17.8 Å². The van der Waals surface area contributed by atoms with Gasteiger partial charge < -0.3 is 9.73 Å². The number of nitrogens with one attached hydrogen (secondary N) is 1. The Morgan fingerprint density at radius 3 is 2.68 bits per heavy atom. The van der Waals surface area contributed by atoms with Crippen molar-refractivity contribution in [2.45, 2.75) is 25.0 Å². The minimum atomic E-state index is -0.105. The zero-order valence-corrected chi connectivity index (χ0v) is 18.5. The van der Waals surface area contributed by atoms with Crippen LogP contribution < -0.4 is 5.32 Å². The van der Waals surface area contributed by atoms with Gasteiger partial charge in [0, 0.05) is 16.3 Å². The summed E-state index contributed by atoms with van der Waals surface area (Å²) in [5.74, 6) is 1.54. The molecule has 0 bridgehead atoms. The summed E-state index contributed by atoms with van der Waals surface area (Å²) in [6.07, 6.45) is 2.59. The number of halogens is 1. The smallest absolute Gasteiger partial charge is 0.234 e. The predicted molar refractivity (Wildman–Crippen MR) is 123 cm³/mol. The lowest BCUT2D eigenvalue weighted by Crippen LogP contribution is -2.14. The van der Waals surface area contributed by atoms with Crippen molar-refractivity contribution in [3.63, 3.8) is 0 Å². The minimum Gasteiger partial charge on any atom is -0.467 e. The van der Waals surface area contributed by atoms with Crippen molar-refractivity contribution in [3.8, 4) is 11.4 Å². The summed E-state index contributed by atoms with van der Waals surface area (Å²) in [7, 11) is 0. The van der Waals surface area contributed by atoms with E-state index in [0.29, 0.717) is 22.5 Å². The van der Waals surface area contributed by atoms with Gasteiger partial charge in [-0.05, 0) is 48.4 Å². The molecule has 2 heterocycles. The number of amides is 1. The van der Waals surface area contributed by atoms with Gasteiger partial charge in [0.25, 0.3) is 0 Å². The maximum Gasteiger partial charge on any atom is 0.234 e. The summed E-state index contributed by atoms with van der Waals surface area (Å²) < 4.78 is 7.44. The molecule has 0 radical (unpaired) electrons. The molecule has 0 spiro atoms. The molecule has 0 unspecified atom stereocenters. The number of anilines is 1. The van der Waals surface area contributed by atoms with E-state index in [9.17, 15) is 4.79 Å². The first kappa shape index (κ1) is 21.2. The van der Waals surface area contributed by atoms with E-state index in [2.05, 4.69) is 22.4 Å². The molecule has 4 rings (SSSR count). The number of rotatable bonds is 8. The molecule has 0 aliphatic carbocycles. The molecule has 1 N–H and O–H groups in total. The highest BCUT2D eigenvalue weighted by Gasteiger charge is 2.17. The molecule has 1 amide bonds. The van der Waals surface area contributed by atoms with Crippen LogP contribution in [0.4, 0.5) is 5.69 Å². The maximum absolute atomic E-state index is 12.5. The summed E-state index contributed by atoms with van der Waals surface area (Å²) in [4.78, 5) is 12.5. The van der Waals surface area contributed by atoms with Gasteiger partial charge in [-0.25, -0.2) is 0 Å². The van der Waals surface area contributed by atoms with Gasteiger partial charge in [0.2, 0.25) is 5.91 Å². The standard InChI is InChI=1S/C23H21ClN4O2S/c1-2-16-8-10-19(11-9-16)25-21(29)15-31-23-27-26-22(17-5-3-6-18(24)13-17)28(23)14-20-7-4-12-30-20/h3-13H,2,14-15H2,1H3,(H,25,29). The second kappa shape index (κ2) is 9.85. The number of aromatic nitrogens is 3. The number of furan rings is 1. The molecule has 0 fully saturated rings. The highest BCUT2D eigenvalue weighted by atomic mass is 35.5. The number of carbonyl (C=O) groups excluding carboxylic acids is 1. The van der Waals surface area contributed by atoms with E-state index in [1.165, 1.54) is 17.3 Å². The number of hydrogen-bond donors (Lipinski definition) is 1. The Labute approximate surface area is 189 Å². The molecular weight excluding hydrogens is 432 g/mol. The van der Waals surface area contributed by atoms with E-state index >= 15 is 0 Å². The third-order valence-electron chi connectivity index (χ3n) is 4.67. The van der Waals surface area contributed by atoms with E-state index in [1.54, 1.807) is 6.26 Å². The quantitative estimate of drug-likeness (QED) is 0.356. The lowest BCUT2D eigenvalue weighted by atomic mass is 10.1. The highest BCUT2D eigenvalue weighted by molar-refractivity contribution is 7.99. The largest absolute Gasteiger partial charge is 0.467 e. The molecule has 0 aliphatic rings. The molecule has 158 valence electrons. The summed E-state index contributed by atoms with van der Waals surface area (Å²) in [6.45, 7) is 2.55. The molecule has 4 aromatic rings. The van der Waals surface area contributed by atoms with Gasteiger partial charge in [-0.2, -0.15) is 0 Å². The number of carbonyl (C=O) groups is 1. The van der Waals surface area contributed by atoms with Crippen molar-refractivity contribution in [3.05, 3.63) is 83.3 Å². The topological polar surface area (TPSA) is 73.0 Å². The van der Waals surface area contributed by atoms with E-state index in [1.807, 2.05) is 65.2 Å². The van der Waals surface area contributed by atoms with Gasteiger partial charge in [0.05, 0.1) is 18.6 Å². The zero-order chi connectivity index (χ0) is 21.6. The summed E-state index contributed by atoms with van der Waals surface area (Å²) in [6, 6.07) is 19.0. The zero-order valence-electron chi connectivity index (χ0n) is 16.9. The third-order valence-corrected chi connectivity index (χ3v) is 5.87. The fraction of sp³-hybridized carbons (Fsp3) is 0.174. The van der Waals surface area contributed by atoms with Gasteiger partial charge in [0.15, 0.2) is 11.0 Å². The van der Waals surface area contributed by atoms with Crippen molar-refractivity contribution >= 4 is 35.0 Å². The molecule has 0 saturated carbocycles. The van der Waals surface area contributed by atoms with E-state index in [4.69, 9.17) is 16.0 Å². The number of hydrogen-bond acceptors (Lipinski definition) is 5. The van der Waals surface area contributed by atoms with Crippen molar-refractivity contribution in [2.75, 3.05) is 11.1 Å². The van der Waals surface area contributed by atoms with Gasteiger partial charge in [-0.1, -0.05) is 54.6 Å². The first-order valence-corrected chi connectivity index (χ1v) is 11.2. The average Bonchev–Trinajstić information content (AvgIpc) is 3.43. The Hall–Kier alpha value is -3.03. The Morgan fingerprint density at radius 1 is 1.13 bits per heavy atom. The fourth-order valence-corrected chi connectivity index (χ4v) is 4.02. The van der Waals surface area contributed by atoms with Gasteiger partial charge in [-0.15, -0.1) is 10.2 Å². The molecule has 0 saturated heterocycles. The fourth-order valence-electron chi connectivity index (χ4n) is 3.09. The normalized spacial score (nSPS) is 10.9. The van der Waals surface area contributed by atoms with Crippen LogP contribution in [0.25, 0.3) is 11.4 Å². The van der Waals surface area contributed by atoms with Crippen molar-refractivity contribution in [1.82, 2.24) is 14.8 Å². The van der Waals surface area contributed by atoms with E-state index in [0.717, 1.165) is 23.4 Å². The van der Waals surface area contributed by atoms with Crippen molar-refractivity contribution < 1.29 is 9.21 Å². The van der Waals surface area contributed by atoms with Crippen molar-refractivity contribution in [2.24, 2.45) is 0 Å². The molecule has 6 nitrogen and oxygen atoms in total. The lowest BCUT2D eigenvalue weighted by molar-refractivity contribution is -0.113. The number of aryl methyl sites for hydroxylation is 1. The molecule has 2 aromatic carbocycles.